The molecule has 0 unspecified atom stereocenters. The highest BCUT2D eigenvalue weighted by atomic mass is 127. The van der Waals surface area contributed by atoms with Crippen LogP contribution in [0.4, 0.5) is 0 Å². The van der Waals surface area contributed by atoms with Crippen LogP contribution < -0.4 is 5.32 Å². The van der Waals surface area contributed by atoms with E-state index in [1.165, 1.54) is 19.4 Å². The van der Waals surface area contributed by atoms with Crippen LogP contribution in [0.15, 0.2) is 4.99 Å². The summed E-state index contributed by atoms with van der Waals surface area (Å²) in [6.07, 6.45) is 2.53. The van der Waals surface area contributed by atoms with E-state index in [9.17, 15) is 8.42 Å². The fraction of sp³-hybridized carbons (Fsp3) is 0.950. The van der Waals surface area contributed by atoms with E-state index in [-0.39, 0.29) is 42.4 Å². The van der Waals surface area contributed by atoms with Crippen LogP contribution in [-0.4, -0.2) is 106 Å². The van der Waals surface area contributed by atoms with Crippen molar-refractivity contribution >= 4 is 40.0 Å². The van der Waals surface area contributed by atoms with Gasteiger partial charge in [0.25, 0.3) is 0 Å². The minimum Gasteiger partial charge on any atom is -0.378 e. The average molecular weight is 560 g/mol. The van der Waals surface area contributed by atoms with Crippen LogP contribution in [0.2, 0.25) is 0 Å². The van der Waals surface area contributed by atoms with Crippen molar-refractivity contribution in [3.05, 3.63) is 0 Å². The molecule has 2 saturated heterocycles. The van der Waals surface area contributed by atoms with Crippen LogP contribution in [0.1, 0.15) is 40.5 Å². The fourth-order valence-corrected chi connectivity index (χ4v) is 5.36. The Balaban J connectivity index is 0.00000450. The molecule has 8 nitrogen and oxygen atoms in total. The van der Waals surface area contributed by atoms with Gasteiger partial charge in [-0.15, -0.1) is 24.0 Å². The molecule has 10 heteroatoms. The summed E-state index contributed by atoms with van der Waals surface area (Å²) >= 11 is 0. The molecule has 0 bridgehead atoms. The molecule has 2 rings (SSSR count). The molecule has 0 aromatic carbocycles. The summed E-state index contributed by atoms with van der Waals surface area (Å²) in [5, 5.41) is 3.53. The van der Waals surface area contributed by atoms with E-state index < -0.39 is 10.0 Å². The summed E-state index contributed by atoms with van der Waals surface area (Å²) in [7, 11) is -1.46. The first-order valence-corrected chi connectivity index (χ1v) is 12.6. The Morgan fingerprint density at radius 3 is 2.37 bits per heavy atom. The summed E-state index contributed by atoms with van der Waals surface area (Å²) in [6.45, 7) is 14.1. The monoisotopic (exact) mass is 559 g/mol. The third-order valence-corrected chi connectivity index (χ3v) is 7.36. The molecule has 0 aromatic rings. The first kappa shape index (κ1) is 27.9. The van der Waals surface area contributed by atoms with Gasteiger partial charge in [-0.1, -0.05) is 13.8 Å². The molecule has 0 spiro atoms. The predicted molar refractivity (Wildman–Crippen MR) is 134 cm³/mol. The van der Waals surface area contributed by atoms with Gasteiger partial charge in [-0.2, -0.15) is 4.31 Å². The zero-order valence-corrected chi connectivity index (χ0v) is 22.5. The van der Waals surface area contributed by atoms with E-state index in [1.807, 2.05) is 13.8 Å². The van der Waals surface area contributed by atoms with E-state index in [4.69, 9.17) is 4.74 Å². The lowest BCUT2D eigenvalue weighted by molar-refractivity contribution is 0.0904. The van der Waals surface area contributed by atoms with Gasteiger partial charge in [-0.05, 0) is 39.2 Å². The number of sulfonamides is 1. The van der Waals surface area contributed by atoms with Crippen molar-refractivity contribution in [1.29, 1.82) is 0 Å². The van der Waals surface area contributed by atoms with Crippen molar-refractivity contribution in [3.63, 3.8) is 0 Å². The first-order chi connectivity index (χ1) is 13.7. The molecule has 0 amide bonds. The molecule has 2 fully saturated rings. The van der Waals surface area contributed by atoms with E-state index >= 15 is 0 Å². The highest BCUT2D eigenvalue weighted by molar-refractivity contribution is 14.0. The maximum atomic E-state index is 12.5. The van der Waals surface area contributed by atoms with Crippen LogP contribution in [-0.2, 0) is 14.8 Å². The second kappa shape index (κ2) is 13.4. The summed E-state index contributed by atoms with van der Waals surface area (Å²) in [4.78, 5) is 9.18. The summed E-state index contributed by atoms with van der Waals surface area (Å²) < 4.78 is 32.0. The molecular weight excluding hydrogens is 517 g/mol. The highest BCUT2D eigenvalue weighted by Gasteiger charge is 2.29. The predicted octanol–water partition coefficient (Wildman–Crippen LogP) is 1.67. The average Bonchev–Trinajstić information content (AvgIpc) is 3.08. The Morgan fingerprint density at radius 1 is 1.13 bits per heavy atom. The molecule has 0 aliphatic carbocycles. The molecule has 1 N–H and O–H groups in total. The third kappa shape index (κ3) is 8.76. The van der Waals surface area contributed by atoms with Crippen molar-refractivity contribution in [2.24, 2.45) is 10.9 Å². The van der Waals surface area contributed by atoms with Crippen molar-refractivity contribution in [3.8, 4) is 0 Å². The Kier molecular flexibility index (Phi) is 12.4. The number of guanidine groups is 1. The lowest BCUT2D eigenvalue weighted by Gasteiger charge is -2.36. The molecule has 2 aliphatic rings. The third-order valence-electron chi connectivity index (χ3n) is 5.53. The van der Waals surface area contributed by atoms with Gasteiger partial charge in [0.2, 0.25) is 10.0 Å². The van der Waals surface area contributed by atoms with E-state index in [2.05, 4.69) is 34.0 Å². The van der Waals surface area contributed by atoms with Gasteiger partial charge in [-0.3, -0.25) is 9.89 Å². The van der Waals surface area contributed by atoms with Crippen molar-refractivity contribution in [2.45, 2.75) is 52.7 Å². The maximum absolute atomic E-state index is 12.5. The number of hydrogen-bond acceptors (Lipinski definition) is 5. The van der Waals surface area contributed by atoms with Crippen LogP contribution in [0.3, 0.4) is 0 Å². The minimum atomic E-state index is -3.26. The standard InChI is InChI=1S/C20H41N5O3S.HI/c1-17(2)16-24-8-6-7-19(24)15-22-20(21-5)23-9-11-25(12-10-23)29(26,27)14-13-28-18(3)4;/h17-19H,6-16H2,1-5H3,(H,21,22);1H/t19-;/m1./s1. The van der Waals surface area contributed by atoms with Gasteiger partial charge in [0.15, 0.2) is 5.96 Å². The summed E-state index contributed by atoms with van der Waals surface area (Å²) in [6, 6.07) is 0.553. The van der Waals surface area contributed by atoms with E-state index in [0.29, 0.717) is 38.1 Å². The molecule has 178 valence electrons. The number of piperazine rings is 1. The SMILES string of the molecule is CN=C(NC[C@H]1CCCN1CC(C)C)N1CCN(S(=O)(=O)CCOC(C)C)CC1.I. The van der Waals surface area contributed by atoms with Crippen molar-refractivity contribution in [1.82, 2.24) is 19.4 Å². The summed E-state index contributed by atoms with van der Waals surface area (Å²) in [5.74, 6) is 1.60. The molecule has 2 aliphatic heterocycles. The zero-order valence-electron chi connectivity index (χ0n) is 19.3. The minimum absolute atomic E-state index is 0. The van der Waals surface area contributed by atoms with Gasteiger partial charge in [0.1, 0.15) is 0 Å². The quantitative estimate of drug-likeness (QED) is 0.263. The van der Waals surface area contributed by atoms with Gasteiger partial charge in [-0.25, -0.2) is 8.42 Å². The lowest BCUT2D eigenvalue weighted by Crippen LogP contribution is -2.55. The Morgan fingerprint density at radius 2 is 1.80 bits per heavy atom. The topological polar surface area (TPSA) is 77.5 Å². The number of ether oxygens (including phenoxy) is 1. The molecule has 1 atom stereocenters. The first-order valence-electron chi connectivity index (χ1n) is 11.0. The van der Waals surface area contributed by atoms with Crippen LogP contribution in [0, 0.1) is 5.92 Å². The highest BCUT2D eigenvalue weighted by Crippen LogP contribution is 2.18. The molecule has 0 aromatic heterocycles. The van der Waals surface area contributed by atoms with Gasteiger partial charge < -0.3 is 15.0 Å². The fourth-order valence-electron chi connectivity index (χ4n) is 4.07. The maximum Gasteiger partial charge on any atom is 0.216 e. The molecule has 30 heavy (non-hydrogen) atoms. The molecular formula is C20H42IN5O3S. The molecule has 2 heterocycles. The Labute approximate surface area is 200 Å². The number of nitrogens with zero attached hydrogens (tertiary/aromatic N) is 4. The van der Waals surface area contributed by atoms with Gasteiger partial charge >= 0.3 is 0 Å². The van der Waals surface area contributed by atoms with Gasteiger partial charge in [0.05, 0.1) is 18.5 Å². The molecule has 0 saturated carbocycles. The second-order valence-corrected chi connectivity index (χ2v) is 10.8. The van der Waals surface area contributed by atoms with Crippen molar-refractivity contribution < 1.29 is 13.2 Å². The normalized spacial score (nSPS) is 22.0. The van der Waals surface area contributed by atoms with Gasteiger partial charge in [0, 0.05) is 52.4 Å². The number of nitrogens with one attached hydrogen (secondary N) is 1. The number of likely N-dealkylation sites (tertiary alicyclic amines) is 1. The zero-order chi connectivity index (χ0) is 21.4. The summed E-state index contributed by atoms with van der Waals surface area (Å²) in [5.41, 5.74) is 0. The number of rotatable bonds is 9. The second-order valence-electron chi connectivity index (χ2n) is 8.73. The van der Waals surface area contributed by atoms with Crippen LogP contribution in [0.25, 0.3) is 0 Å². The van der Waals surface area contributed by atoms with E-state index in [1.54, 1.807) is 11.4 Å². The molecule has 0 radical (unpaired) electrons. The lowest BCUT2D eigenvalue weighted by atomic mass is 10.1. The van der Waals surface area contributed by atoms with Crippen molar-refractivity contribution in [2.75, 3.05) is 65.2 Å². The van der Waals surface area contributed by atoms with E-state index in [0.717, 1.165) is 19.0 Å². The number of aliphatic imine (C=N–C) groups is 1. The Bertz CT molecular complexity index is 622. The smallest absolute Gasteiger partial charge is 0.216 e. The Hall–Kier alpha value is -0.170. The number of hydrogen-bond donors (Lipinski definition) is 1. The van der Waals surface area contributed by atoms with Crippen LogP contribution in [0.5, 0.6) is 0 Å². The number of halogens is 1. The largest absolute Gasteiger partial charge is 0.378 e. The van der Waals surface area contributed by atoms with Crippen LogP contribution >= 0.6 is 24.0 Å².